The van der Waals surface area contributed by atoms with Gasteiger partial charge >= 0.3 is 0 Å². The van der Waals surface area contributed by atoms with E-state index in [2.05, 4.69) is 18.7 Å². The van der Waals surface area contributed by atoms with Crippen LogP contribution in [0.15, 0.2) is 30.3 Å². The van der Waals surface area contributed by atoms with E-state index in [0.717, 1.165) is 18.8 Å². The van der Waals surface area contributed by atoms with Gasteiger partial charge in [-0.15, -0.1) is 24.8 Å². The van der Waals surface area contributed by atoms with E-state index >= 15 is 0 Å². The molecule has 1 aliphatic heterocycles. The van der Waals surface area contributed by atoms with Crippen LogP contribution in [-0.4, -0.2) is 72.3 Å². The summed E-state index contributed by atoms with van der Waals surface area (Å²) in [6.45, 7) is 7.79. The molecule has 1 aromatic rings. The first-order valence-electron chi connectivity index (χ1n) is 9.08. The van der Waals surface area contributed by atoms with Crippen LogP contribution in [0.3, 0.4) is 0 Å². The van der Waals surface area contributed by atoms with Gasteiger partial charge in [-0.3, -0.25) is 9.69 Å². The van der Waals surface area contributed by atoms with E-state index in [4.69, 9.17) is 10.5 Å². The number of aliphatic hydroxyl groups excluding tert-OH is 1. The molecule has 2 atom stereocenters. The summed E-state index contributed by atoms with van der Waals surface area (Å²) in [5.41, 5.74) is 6.00. The number of carbonyl (C=O) groups is 1. The third-order valence-electron chi connectivity index (χ3n) is 4.38. The molecule has 0 bridgehead atoms. The van der Waals surface area contributed by atoms with Crippen molar-refractivity contribution in [3.63, 3.8) is 0 Å². The van der Waals surface area contributed by atoms with Crippen LogP contribution in [0.25, 0.3) is 0 Å². The van der Waals surface area contributed by atoms with E-state index in [1.807, 2.05) is 35.2 Å². The molecule has 156 valence electrons. The summed E-state index contributed by atoms with van der Waals surface area (Å²) in [6.07, 6.45) is 0.167. The van der Waals surface area contributed by atoms with E-state index in [1.165, 1.54) is 0 Å². The molecular formula is C19H33Cl2N3O3. The van der Waals surface area contributed by atoms with Crippen molar-refractivity contribution >= 4 is 30.7 Å². The molecule has 0 aromatic heterocycles. The molecule has 27 heavy (non-hydrogen) atoms. The molecule has 0 spiro atoms. The zero-order valence-electron chi connectivity index (χ0n) is 16.1. The highest BCUT2D eigenvalue weighted by Crippen LogP contribution is 2.11. The normalized spacial score (nSPS) is 16.9. The van der Waals surface area contributed by atoms with Crippen molar-refractivity contribution in [3.05, 3.63) is 30.3 Å². The van der Waals surface area contributed by atoms with Crippen molar-refractivity contribution < 1.29 is 14.6 Å². The van der Waals surface area contributed by atoms with E-state index in [0.29, 0.717) is 32.0 Å². The zero-order chi connectivity index (χ0) is 18.2. The molecule has 1 aromatic carbocycles. The fraction of sp³-hybridized carbons (Fsp3) is 0.632. The van der Waals surface area contributed by atoms with Crippen molar-refractivity contribution in [2.24, 2.45) is 11.7 Å². The lowest BCUT2D eigenvalue weighted by molar-refractivity contribution is -0.134. The highest BCUT2D eigenvalue weighted by atomic mass is 35.5. The van der Waals surface area contributed by atoms with Gasteiger partial charge in [0, 0.05) is 32.7 Å². The minimum Gasteiger partial charge on any atom is -0.491 e. The predicted molar refractivity (Wildman–Crippen MR) is 113 cm³/mol. The Balaban J connectivity index is 0.00000338. The van der Waals surface area contributed by atoms with Crippen molar-refractivity contribution in [2.75, 3.05) is 39.3 Å². The molecule has 1 fully saturated rings. The summed E-state index contributed by atoms with van der Waals surface area (Å²) in [5, 5.41) is 10.2. The number of aliphatic hydroxyl groups is 1. The third kappa shape index (κ3) is 9.12. The number of hydrogen-bond acceptors (Lipinski definition) is 5. The van der Waals surface area contributed by atoms with Gasteiger partial charge in [0.05, 0.1) is 6.04 Å². The van der Waals surface area contributed by atoms with E-state index in [1.54, 1.807) is 0 Å². The van der Waals surface area contributed by atoms with E-state index < -0.39 is 12.1 Å². The number of carbonyl (C=O) groups excluding carboxylic acids is 1. The number of ether oxygens (including phenoxy) is 1. The number of piperazine rings is 1. The molecule has 8 heteroatoms. The molecule has 0 saturated carbocycles. The van der Waals surface area contributed by atoms with Gasteiger partial charge in [0.2, 0.25) is 5.91 Å². The standard InChI is InChI=1S/C19H31N3O3.2ClH/c1-15(2)12-18(20)19(24)22-10-8-21(9-11-22)13-16(23)14-25-17-6-4-3-5-7-17;;/h3-7,15-16,18,23H,8-14,20H2,1-2H3;2*1H/t16?,18-;;/m0../s1. The Kier molecular flexibility index (Phi) is 12.7. The number of hydrogen-bond donors (Lipinski definition) is 2. The molecule has 1 saturated heterocycles. The quantitative estimate of drug-likeness (QED) is 0.668. The summed E-state index contributed by atoms with van der Waals surface area (Å²) in [7, 11) is 0. The minimum atomic E-state index is -0.550. The largest absolute Gasteiger partial charge is 0.491 e. The topological polar surface area (TPSA) is 79.0 Å². The van der Waals surface area contributed by atoms with E-state index in [-0.39, 0.29) is 37.3 Å². The Hall–Kier alpha value is -1.05. The number of halogens is 2. The molecule has 1 unspecified atom stereocenters. The Morgan fingerprint density at radius 3 is 2.30 bits per heavy atom. The highest BCUT2D eigenvalue weighted by molar-refractivity contribution is 5.85. The summed E-state index contributed by atoms with van der Waals surface area (Å²) in [6, 6.07) is 9.08. The SMILES string of the molecule is CC(C)C[C@H](N)C(=O)N1CCN(CC(O)COc2ccccc2)CC1.Cl.Cl. The summed E-state index contributed by atoms with van der Waals surface area (Å²) < 4.78 is 5.58. The molecule has 0 aliphatic carbocycles. The van der Waals surface area contributed by atoms with Gasteiger partial charge in [-0.05, 0) is 24.5 Å². The van der Waals surface area contributed by atoms with Crippen molar-refractivity contribution in [1.82, 2.24) is 9.80 Å². The van der Waals surface area contributed by atoms with Crippen molar-refractivity contribution in [1.29, 1.82) is 0 Å². The van der Waals surface area contributed by atoms with Crippen LogP contribution >= 0.6 is 24.8 Å². The van der Waals surface area contributed by atoms with Crippen LogP contribution in [0.5, 0.6) is 5.75 Å². The molecule has 3 N–H and O–H groups in total. The third-order valence-corrected chi connectivity index (χ3v) is 4.38. The Bertz CT molecular complexity index is 526. The average molecular weight is 422 g/mol. The van der Waals surface area contributed by atoms with Gasteiger partial charge in [-0.25, -0.2) is 0 Å². The number of nitrogens with two attached hydrogens (primary N) is 1. The average Bonchev–Trinajstić information content (AvgIpc) is 2.60. The second-order valence-electron chi connectivity index (χ2n) is 7.14. The maximum atomic E-state index is 12.3. The summed E-state index contributed by atoms with van der Waals surface area (Å²) >= 11 is 0. The van der Waals surface area contributed by atoms with Crippen LogP contribution in [0.2, 0.25) is 0 Å². The lowest BCUT2D eigenvalue weighted by Crippen LogP contribution is -2.54. The second kappa shape index (κ2) is 13.2. The number of benzene rings is 1. The highest BCUT2D eigenvalue weighted by Gasteiger charge is 2.26. The maximum Gasteiger partial charge on any atom is 0.239 e. The van der Waals surface area contributed by atoms with Crippen LogP contribution in [0, 0.1) is 5.92 Å². The van der Waals surface area contributed by atoms with Gasteiger partial charge in [-0.1, -0.05) is 32.0 Å². The molecular weight excluding hydrogens is 389 g/mol. The van der Waals surface area contributed by atoms with Crippen molar-refractivity contribution in [2.45, 2.75) is 32.4 Å². The van der Waals surface area contributed by atoms with Crippen LogP contribution < -0.4 is 10.5 Å². The van der Waals surface area contributed by atoms with Gasteiger partial charge in [0.25, 0.3) is 0 Å². The maximum absolute atomic E-state index is 12.3. The summed E-state index contributed by atoms with van der Waals surface area (Å²) in [5.74, 6) is 1.22. The number of rotatable bonds is 8. The lowest BCUT2D eigenvalue weighted by Gasteiger charge is -2.36. The van der Waals surface area contributed by atoms with Crippen molar-refractivity contribution in [3.8, 4) is 5.75 Å². The van der Waals surface area contributed by atoms with Crippen LogP contribution in [-0.2, 0) is 4.79 Å². The molecule has 1 heterocycles. The first kappa shape index (κ1) is 26.0. The smallest absolute Gasteiger partial charge is 0.239 e. The van der Waals surface area contributed by atoms with Gasteiger partial charge in [0.15, 0.2) is 0 Å². The first-order valence-corrected chi connectivity index (χ1v) is 9.08. The number of nitrogens with zero attached hydrogens (tertiary/aromatic N) is 2. The fourth-order valence-electron chi connectivity index (χ4n) is 3.05. The number of amides is 1. The lowest BCUT2D eigenvalue weighted by atomic mass is 10.0. The van der Waals surface area contributed by atoms with Gasteiger partial charge < -0.3 is 20.5 Å². The molecule has 1 aliphatic rings. The Morgan fingerprint density at radius 2 is 1.74 bits per heavy atom. The molecule has 6 nitrogen and oxygen atoms in total. The minimum absolute atomic E-state index is 0. The Labute approximate surface area is 174 Å². The molecule has 0 radical (unpaired) electrons. The monoisotopic (exact) mass is 421 g/mol. The van der Waals surface area contributed by atoms with Gasteiger partial charge in [0.1, 0.15) is 18.5 Å². The van der Waals surface area contributed by atoms with E-state index in [9.17, 15) is 9.90 Å². The van der Waals surface area contributed by atoms with Gasteiger partial charge in [-0.2, -0.15) is 0 Å². The fourth-order valence-corrected chi connectivity index (χ4v) is 3.05. The Morgan fingerprint density at radius 1 is 1.15 bits per heavy atom. The molecule has 1 amide bonds. The van der Waals surface area contributed by atoms with Crippen LogP contribution in [0.4, 0.5) is 0 Å². The van der Waals surface area contributed by atoms with Crippen LogP contribution in [0.1, 0.15) is 20.3 Å². The predicted octanol–water partition coefficient (Wildman–Crippen LogP) is 1.79. The number of β-amino-alcohol motifs (C(OH)–C–C–N with tert-alkyl or cyclic N) is 1. The zero-order valence-corrected chi connectivity index (χ0v) is 17.8. The molecule has 2 rings (SSSR count). The second-order valence-corrected chi connectivity index (χ2v) is 7.14. The first-order chi connectivity index (χ1) is 12.0. The summed E-state index contributed by atoms with van der Waals surface area (Å²) in [4.78, 5) is 16.3. The number of para-hydroxylation sites is 1.